The minimum Gasteiger partial charge on any atom is -0.364 e. The lowest BCUT2D eigenvalue weighted by Gasteiger charge is -2.02. The van der Waals surface area contributed by atoms with E-state index < -0.39 is 5.91 Å². The Morgan fingerprint density at radius 3 is 2.53 bits per heavy atom. The molecule has 0 bridgehead atoms. The molecule has 6 nitrogen and oxygen atoms in total. The Hall–Kier alpha value is -3.07. The van der Waals surface area contributed by atoms with Crippen molar-refractivity contribution in [3.05, 3.63) is 46.9 Å². The number of amides is 1. The summed E-state index contributed by atoms with van der Waals surface area (Å²) in [7, 11) is 0. The number of fused-ring (bicyclic) bond motifs is 3. The number of carbonyl (C=O) groups is 1. The maximum atomic E-state index is 11.3. The van der Waals surface area contributed by atoms with Gasteiger partial charge in [-0.3, -0.25) is 10.2 Å². The lowest BCUT2D eigenvalue weighted by atomic mass is 10.1. The molecule has 19 heavy (non-hydrogen) atoms. The van der Waals surface area contributed by atoms with Gasteiger partial charge in [0.2, 0.25) is 0 Å². The zero-order chi connectivity index (χ0) is 13.6. The van der Waals surface area contributed by atoms with E-state index in [9.17, 15) is 4.79 Å². The highest BCUT2D eigenvalue weighted by atomic mass is 16.1. The van der Waals surface area contributed by atoms with Crippen molar-refractivity contribution in [3.8, 4) is 17.3 Å². The summed E-state index contributed by atoms with van der Waals surface area (Å²) in [6.07, 6.45) is 0. The first-order valence-corrected chi connectivity index (χ1v) is 5.44. The first-order chi connectivity index (χ1) is 9.13. The molecular weight excluding hydrogens is 242 g/mol. The standard InChI is InChI=1S/C13H7N5O/c14-5-8-11(13(16)19)18-10-7-4-2-1-3-6(7)9(15)12(10)17-8/h1-4,15H,(H2,16,19). The van der Waals surface area contributed by atoms with Gasteiger partial charge in [-0.1, -0.05) is 24.3 Å². The second-order valence-electron chi connectivity index (χ2n) is 4.01. The van der Waals surface area contributed by atoms with Crippen LogP contribution in [0.5, 0.6) is 0 Å². The highest BCUT2D eigenvalue weighted by Crippen LogP contribution is 2.34. The number of hydrogen-bond donors (Lipinski definition) is 2. The van der Waals surface area contributed by atoms with Crippen LogP contribution in [0.25, 0.3) is 11.3 Å². The van der Waals surface area contributed by atoms with E-state index in [1.165, 1.54) is 0 Å². The van der Waals surface area contributed by atoms with Crippen LogP contribution in [-0.4, -0.2) is 21.6 Å². The number of nitriles is 1. The summed E-state index contributed by atoms with van der Waals surface area (Å²) in [4.78, 5) is 19.4. The first-order valence-electron chi connectivity index (χ1n) is 5.44. The largest absolute Gasteiger partial charge is 0.364 e. The molecule has 90 valence electrons. The monoisotopic (exact) mass is 249 g/mol. The Labute approximate surface area is 108 Å². The third-order valence-corrected chi connectivity index (χ3v) is 2.92. The van der Waals surface area contributed by atoms with Gasteiger partial charge in [-0.15, -0.1) is 0 Å². The van der Waals surface area contributed by atoms with Gasteiger partial charge in [0.15, 0.2) is 11.4 Å². The third-order valence-electron chi connectivity index (χ3n) is 2.92. The summed E-state index contributed by atoms with van der Waals surface area (Å²) in [5.74, 6) is -0.803. The molecular formula is C13H7N5O. The molecule has 2 aromatic rings. The van der Waals surface area contributed by atoms with E-state index in [2.05, 4.69) is 9.97 Å². The highest BCUT2D eigenvalue weighted by Gasteiger charge is 2.29. The number of nitrogens with zero attached hydrogens (tertiary/aromatic N) is 3. The Kier molecular flexibility index (Phi) is 2.16. The number of primary amides is 1. The minimum absolute atomic E-state index is 0.149. The van der Waals surface area contributed by atoms with Crippen LogP contribution in [-0.2, 0) is 0 Å². The lowest BCUT2D eigenvalue weighted by molar-refractivity contribution is 0.0995. The van der Waals surface area contributed by atoms with Crippen LogP contribution in [0.15, 0.2) is 24.3 Å². The molecule has 0 aliphatic heterocycles. The van der Waals surface area contributed by atoms with Crippen molar-refractivity contribution in [2.24, 2.45) is 5.73 Å². The van der Waals surface area contributed by atoms with Crippen LogP contribution >= 0.6 is 0 Å². The second-order valence-corrected chi connectivity index (χ2v) is 4.01. The number of carbonyl (C=O) groups excluding carboxylic acids is 1. The van der Waals surface area contributed by atoms with Crippen LogP contribution in [0.2, 0.25) is 0 Å². The molecule has 0 atom stereocenters. The molecule has 0 radical (unpaired) electrons. The molecule has 0 fully saturated rings. The summed E-state index contributed by atoms with van der Waals surface area (Å²) >= 11 is 0. The van der Waals surface area contributed by atoms with Crippen molar-refractivity contribution in [1.82, 2.24) is 9.97 Å². The fourth-order valence-electron chi connectivity index (χ4n) is 2.08. The Bertz CT molecular complexity index is 788. The van der Waals surface area contributed by atoms with Crippen molar-refractivity contribution in [2.75, 3.05) is 0 Å². The number of rotatable bonds is 1. The molecule has 1 aliphatic rings. The Morgan fingerprint density at radius 1 is 1.21 bits per heavy atom. The third kappa shape index (κ3) is 1.42. The maximum Gasteiger partial charge on any atom is 0.270 e. The van der Waals surface area contributed by atoms with E-state index in [0.717, 1.165) is 5.56 Å². The average molecular weight is 249 g/mol. The van der Waals surface area contributed by atoms with Crippen molar-refractivity contribution in [2.45, 2.75) is 0 Å². The normalized spacial score (nSPS) is 11.6. The number of hydrogen-bond acceptors (Lipinski definition) is 5. The maximum absolute atomic E-state index is 11.3. The van der Waals surface area contributed by atoms with Crippen molar-refractivity contribution >= 4 is 11.6 Å². The average Bonchev–Trinajstić information content (AvgIpc) is 2.71. The van der Waals surface area contributed by atoms with Crippen LogP contribution in [0.3, 0.4) is 0 Å². The van der Waals surface area contributed by atoms with Crippen molar-refractivity contribution in [1.29, 1.82) is 10.7 Å². The predicted octanol–water partition coefficient (Wildman–Crippen LogP) is 0.844. The number of nitrogens with two attached hydrogens (primary N) is 1. The van der Waals surface area contributed by atoms with Gasteiger partial charge in [-0.2, -0.15) is 5.26 Å². The molecule has 1 amide bonds. The molecule has 1 aromatic heterocycles. The van der Waals surface area contributed by atoms with Gasteiger partial charge in [0.1, 0.15) is 11.8 Å². The fraction of sp³-hybridized carbons (Fsp3) is 0. The molecule has 1 heterocycles. The van der Waals surface area contributed by atoms with E-state index in [1.54, 1.807) is 24.3 Å². The minimum atomic E-state index is -0.803. The van der Waals surface area contributed by atoms with Crippen LogP contribution in [0.4, 0.5) is 0 Å². The molecule has 1 aliphatic carbocycles. The molecule has 6 heteroatoms. The van der Waals surface area contributed by atoms with Crippen LogP contribution in [0.1, 0.15) is 27.4 Å². The topological polar surface area (TPSA) is 117 Å². The fourth-order valence-corrected chi connectivity index (χ4v) is 2.08. The first kappa shape index (κ1) is 11.0. The van der Waals surface area contributed by atoms with E-state index >= 15 is 0 Å². The SMILES string of the molecule is N#Cc1nc2c(nc1C(N)=O)-c1ccccc1C2=N. The van der Waals surface area contributed by atoms with E-state index in [1.807, 2.05) is 6.07 Å². The van der Waals surface area contributed by atoms with Crippen molar-refractivity contribution in [3.63, 3.8) is 0 Å². The lowest BCUT2D eigenvalue weighted by Crippen LogP contribution is -2.17. The van der Waals surface area contributed by atoms with Gasteiger partial charge in [-0.05, 0) is 0 Å². The van der Waals surface area contributed by atoms with Gasteiger partial charge in [0, 0.05) is 11.1 Å². The zero-order valence-electron chi connectivity index (χ0n) is 9.64. The second kappa shape index (κ2) is 3.71. The van der Waals surface area contributed by atoms with Crippen LogP contribution < -0.4 is 5.73 Å². The molecule has 3 N–H and O–H groups in total. The number of nitrogens with one attached hydrogen (secondary N) is 1. The molecule has 3 rings (SSSR count). The van der Waals surface area contributed by atoms with E-state index in [4.69, 9.17) is 16.4 Å². The smallest absolute Gasteiger partial charge is 0.270 e. The summed E-state index contributed by atoms with van der Waals surface area (Å²) in [6, 6.07) is 8.97. The van der Waals surface area contributed by atoms with Gasteiger partial charge in [0.05, 0.1) is 11.4 Å². The summed E-state index contributed by atoms with van der Waals surface area (Å²) in [6.45, 7) is 0. The molecule has 1 aromatic carbocycles. The molecule has 0 saturated heterocycles. The van der Waals surface area contributed by atoms with Gasteiger partial charge in [-0.25, -0.2) is 9.97 Å². The Morgan fingerprint density at radius 2 is 1.89 bits per heavy atom. The highest BCUT2D eigenvalue weighted by molar-refractivity contribution is 6.21. The number of benzene rings is 1. The Balaban J connectivity index is 2.37. The quantitative estimate of drug-likeness (QED) is 0.664. The van der Waals surface area contributed by atoms with Gasteiger partial charge >= 0.3 is 0 Å². The summed E-state index contributed by atoms with van der Waals surface area (Å²) < 4.78 is 0. The summed E-state index contributed by atoms with van der Waals surface area (Å²) in [5, 5.41) is 17.0. The molecule has 0 spiro atoms. The van der Waals surface area contributed by atoms with Crippen molar-refractivity contribution < 1.29 is 4.79 Å². The van der Waals surface area contributed by atoms with Crippen LogP contribution in [0, 0.1) is 16.7 Å². The summed E-state index contributed by atoms with van der Waals surface area (Å²) in [5.41, 5.74) is 7.22. The number of aromatic nitrogens is 2. The predicted molar refractivity (Wildman–Crippen MR) is 66.6 cm³/mol. The van der Waals surface area contributed by atoms with E-state index in [-0.39, 0.29) is 17.1 Å². The van der Waals surface area contributed by atoms with Gasteiger partial charge < -0.3 is 5.73 Å². The van der Waals surface area contributed by atoms with Gasteiger partial charge in [0.25, 0.3) is 5.91 Å². The molecule has 0 unspecified atom stereocenters. The van der Waals surface area contributed by atoms with E-state index in [0.29, 0.717) is 17.0 Å². The molecule has 0 saturated carbocycles. The zero-order valence-corrected chi connectivity index (χ0v) is 9.64.